The number of nitrogens with one attached hydrogen (secondary N) is 2. The third-order valence-corrected chi connectivity index (χ3v) is 4.05. The maximum atomic E-state index is 12.0. The first-order valence-electron chi connectivity index (χ1n) is 8.68. The minimum Gasteiger partial charge on any atom is -0.495 e. The van der Waals surface area contributed by atoms with Crippen LogP contribution in [-0.4, -0.2) is 24.6 Å². The van der Waals surface area contributed by atoms with Crippen molar-refractivity contribution < 1.29 is 14.3 Å². The van der Waals surface area contributed by atoms with Crippen molar-refractivity contribution in [3.63, 3.8) is 0 Å². The quantitative estimate of drug-likeness (QED) is 0.566. The molecule has 0 bridgehead atoms. The highest BCUT2D eigenvalue weighted by atomic mass is 35.5. The number of anilines is 3. The normalized spacial score (nSPS) is 10.2. The third-order valence-electron chi connectivity index (χ3n) is 3.81. The number of para-hydroxylation sites is 1. The molecule has 3 rings (SSSR count). The molecule has 28 heavy (non-hydrogen) atoms. The van der Waals surface area contributed by atoms with Gasteiger partial charge in [-0.15, -0.1) is 0 Å². The first-order valence-corrected chi connectivity index (χ1v) is 9.06. The summed E-state index contributed by atoms with van der Waals surface area (Å²) in [6.45, 7) is 0.303. The molecule has 6 nitrogen and oxygen atoms in total. The van der Waals surface area contributed by atoms with Crippen molar-refractivity contribution in [3.05, 3.63) is 71.9 Å². The van der Waals surface area contributed by atoms with Crippen molar-refractivity contribution in [1.82, 2.24) is 4.98 Å². The summed E-state index contributed by atoms with van der Waals surface area (Å²) in [4.78, 5) is 16.3. The summed E-state index contributed by atoms with van der Waals surface area (Å²) in [6, 6.07) is 18.2. The molecule has 0 aliphatic rings. The van der Waals surface area contributed by atoms with Crippen LogP contribution in [0.25, 0.3) is 0 Å². The Balaban J connectivity index is 1.51. The number of benzene rings is 2. The number of nitrogens with zero attached hydrogens (tertiary/aromatic N) is 1. The second-order valence-corrected chi connectivity index (χ2v) is 6.30. The maximum Gasteiger partial charge on any atom is 0.227 e. The van der Waals surface area contributed by atoms with Crippen LogP contribution in [0.3, 0.4) is 0 Å². The number of hydrogen-bond acceptors (Lipinski definition) is 5. The molecule has 2 N–H and O–H groups in total. The first-order chi connectivity index (χ1) is 13.6. The molecule has 0 aliphatic heterocycles. The summed E-state index contributed by atoms with van der Waals surface area (Å²) in [6.07, 6.45) is 1.82. The fourth-order valence-corrected chi connectivity index (χ4v) is 2.63. The van der Waals surface area contributed by atoms with Gasteiger partial charge in [-0.25, -0.2) is 4.98 Å². The van der Waals surface area contributed by atoms with E-state index in [-0.39, 0.29) is 12.3 Å². The smallest absolute Gasteiger partial charge is 0.227 e. The highest BCUT2D eigenvalue weighted by Gasteiger charge is 2.07. The van der Waals surface area contributed by atoms with E-state index in [0.29, 0.717) is 34.6 Å². The number of amides is 1. The highest BCUT2D eigenvalue weighted by Crippen LogP contribution is 2.30. The number of methoxy groups -OCH3 is 1. The van der Waals surface area contributed by atoms with Crippen LogP contribution >= 0.6 is 11.6 Å². The second-order valence-electron chi connectivity index (χ2n) is 5.86. The van der Waals surface area contributed by atoms with Gasteiger partial charge in [0.1, 0.15) is 17.3 Å². The van der Waals surface area contributed by atoms with Crippen molar-refractivity contribution in [2.45, 2.75) is 6.42 Å². The van der Waals surface area contributed by atoms with Crippen LogP contribution in [0.5, 0.6) is 11.5 Å². The number of hydrogen-bond donors (Lipinski definition) is 2. The number of pyridine rings is 1. The standard InChI is InChI=1S/C21H20ClN3O3/c1-27-19-9-7-15(22)13-18(19)25-20-10-8-16(14-23-20)24-21(26)11-12-28-17-5-3-2-4-6-17/h2-10,13-14H,11-12H2,1H3,(H,23,25)(H,24,26). The van der Waals surface area contributed by atoms with Gasteiger partial charge in [0.25, 0.3) is 0 Å². The summed E-state index contributed by atoms with van der Waals surface area (Å²) in [7, 11) is 1.59. The Bertz CT molecular complexity index is 918. The number of halogens is 1. The lowest BCUT2D eigenvalue weighted by atomic mass is 10.3. The van der Waals surface area contributed by atoms with Gasteiger partial charge in [-0.2, -0.15) is 0 Å². The molecule has 0 radical (unpaired) electrons. The largest absolute Gasteiger partial charge is 0.495 e. The van der Waals surface area contributed by atoms with Crippen molar-refractivity contribution in [2.75, 3.05) is 24.4 Å². The van der Waals surface area contributed by atoms with E-state index in [2.05, 4.69) is 15.6 Å². The fraction of sp³-hybridized carbons (Fsp3) is 0.143. The summed E-state index contributed by atoms with van der Waals surface area (Å²) in [5, 5.41) is 6.53. The Kier molecular flexibility index (Phi) is 6.70. The topological polar surface area (TPSA) is 72.5 Å². The molecule has 7 heteroatoms. The molecule has 1 heterocycles. The van der Waals surface area contributed by atoms with E-state index < -0.39 is 0 Å². The van der Waals surface area contributed by atoms with Crippen LogP contribution in [-0.2, 0) is 4.79 Å². The molecular weight excluding hydrogens is 378 g/mol. The zero-order valence-corrected chi connectivity index (χ0v) is 16.1. The number of carbonyl (C=O) groups is 1. The molecule has 0 fully saturated rings. The Morgan fingerprint density at radius 1 is 1.11 bits per heavy atom. The number of aromatic nitrogens is 1. The monoisotopic (exact) mass is 397 g/mol. The number of ether oxygens (including phenoxy) is 2. The van der Waals surface area contributed by atoms with Gasteiger partial charge in [0, 0.05) is 5.02 Å². The lowest BCUT2D eigenvalue weighted by molar-refractivity contribution is -0.116. The lowest BCUT2D eigenvalue weighted by Crippen LogP contribution is -2.15. The molecule has 144 valence electrons. The first kappa shape index (κ1) is 19.5. The zero-order chi connectivity index (χ0) is 19.8. The molecule has 0 saturated heterocycles. The molecule has 0 aliphatic carbocycles. The van der Waals surface area contributed by atoms with Crippen LogP contribution < -0.4 is 20.1 Å². The maximum absolute atomic E-state index is 12.0. The summed E-state index contributed by atoms with van der Waals surface area (Å²) < 4.78 is 10.8. The molecule has 1 aromatic heterocycles. The van der Waals surface area contributed by atoms with Crippen molar-refractivity contribution >= 4 is 34.7 Å². The minimum atomic E-state index is -0.144. The van der Waals surface area contributed by atoms with Gasteiger partial charge in [-0.05, 0) is 42.5 Å². The van der Waals surface area contributed by atoms with E-state index >= 15 is 0 Å². The Morgan fingerprint density at radius 3 is 2.64 bits per heavy atom. The van der Waals surface area contributed by atoms with E-state index in [1.807, 2.05) is 30.3 Å². The predicted molar refractivity (Wildman–Crippen MR) is 111 cm³/mol. The van der Waals surface area contributed by atoms with E-state index in [1.165, 1.54) is 0 Å². The molecule has 2 aromatic carbocycles. The van der Waals surface area contributed by atoms with Crippen LogP contribution in [0.1, 0.15) is 6.42 Å². The van der Waals surface area contributed by atoms with E-state index in [4.69, 9.17) is 21.1 Å². The van der Waals surface area contributed by atoms with E-state index in [1.54, 1.807) is 43.6 Å². The van der Waals surface area contributed by atoms with Crippen LogP contribution in [0.4, 0.5) is 17.2 Å². The Hall–Kier alpha value is -3.25. The fourth-order valence-electron chi connectivity index (χ4n) is 2.46. The third kappa shape index (κ3) is 5.62. The van der Waals surface area contributed by atoms with Gasteiger partial charge in [-0.3, -0.25) is 4.79 Å². The van der Waals surface area contributed by atoms with Gasteiger partial charge in [0.05, 0.1) is 37.7 Å². The Morgan fingerprint density at radius 2 is 1.93 bits per heavy atom. The highest BCUT2D eigenvalue weighted by molar-refractivity contribution is 6.31. The van der Waals surface area contributed by atoms with Crippen molar-refractivity contribution in [3.8, 4) is 11.5 Å². The average molecular weight is 398 g/mol. The van der Waals surface area contributed by atoms with E-state index in [9.17, 15) is 4.79 Å². The summed E-state index contributed by atoms with van der Waals surface area (Å²) in [5.74, 6) is 1.85. The number of rotatable bonds is 8. The van der Waals surface area contributed by atoms with Gasteiger partial charge in [0.2, 0.25) is 5.91 Å². The minimum absolute atomic E-state index is 0.144. The lowest BCUT2D eigenvalue weighted by Gasteiger charge is -2.11. The van der Waals surface area contributed by atoms with Gasteiger partial charge in [-0.1, -0.05) is 29.8 Å². The van der Waals surface area contributed by atoms with Gasteiger partial charge >= 0.3 is 0 Å². The van der Waals surface area contributed by atoms with Crippen LogP contribution in [0.15, 0.2) is 66.9 Å². The average Bonchev–Trinajstić information content (AvgIpc) is 2.70. The number of carbonyl (C=O) groups excluding carboxylic acids is 1. The SMILES string of the molecule is COc1ccc(Cl)cc1Nc1ccc(NC(=O)CCOc2ccccc2)cn1. The molecule has 0 saturated carbocycles. The van der Waals surface area contributed by atoms with Gasteiger partial charge in [0.15, 0.2) is 0 Å². The summed E-state index contributed by atoms with van der Waals surface area (Å²) >= 11 is 6.03. The van der Waals surface area contributed by atoms with E-state index in [0.717, 1.165) is 5.75 Å². The van der Waals surface area contributed by atoms with Crippen LogP contribution in [0, 0.1) is 0 Å². The molecule has 0 atom stereocenters. The van der Waals surface area contributed by atoms with Crippen LogP contribution in [0.2, 0.25) is 5.02 Å². The summed E-state index contributed by atoms with van der Waals surface area (Å²) in [5.41, 5.74) is 1.31. The molecular formula is C21H20ClN3O3. The molecule has 0 unspecified atom stereocenters. The molecule has 0 spiro atoms. The molecule has 1 amide bonds. The Labute approximate surface area is 168 Å². The second kappa shape index (κ2) is 9.62. The predicted octanol–water partition coefficient (Wildman–Crippen LogP) is 4.89. The van der Waals surface area contributed by atoms with Crippen molar-refractivity contribution in [1.29, 1.82) is 0 Å². The molecule has 3 aromatic rings. The van der Waals surface area contributed by atoms with Gasteiger partial charge < -0.3 is 20.1 Å². The van der Waals surface area contributed by atoms with Crippen molar-refractivity contribution in [2.24, 2.45) is 0 Å². The zero-order valence-electron chi connectivity index (χ0n) is 15.3.